The Hall–Kier alpha value is -1.71. The molecule has 0 bridgehead atoms. The molecule has 2 atom stereocenters. The van der Waals surface area contributed by atoms with Gasteiger partial charge in [0, 0.05) is 18.0 Å². The van der Waals surface area contributed by atoms with Gasteiger partial charge in [0.1, 0.15) is 11.6 Å². The summed E-state index contributed by atoms with van der Waals surface area (Å²) in [6.07, 6.45) is 1.97. The zero-order chi connectivity index (χ0) is 13.3. The molecule has 2 rings (SSSR count). The zero-order valence-corrected chi connectivity index (χ0v) is 10.2. The highest BCUT2D eigenvalue weighted by molar-refractivity contribution is 5.86. The Kier molecular flexibility index (Phi) is 3.20. The molecule has 18 heavy (non-hydrogen) atoms. The van der Waals surface area contributed by atoms with Gasteiger partial charge in [-0.3, -0.25) is 4.79 Å². The van der Waals surface area contributed by atoms with E-state index in [0.29, 0.717) is 12.1 Å². The zero-order valence-electron chi connectivity index (χ0n) is 10.2. The number of hydrogen-bond acceptors (Lipinski definition) is 1. The first kappa shape index (κ1) is 12.7. The minimum atomic E-state index is -0.588. The number of carbonyl (C=O) groups is 1. The second-order valence-electron chi connectivity index (χ2n) is 4.81. The molecule has 96 valence electrons. The van der Waals surface area contributed by atoms with E-state index in [1.54, 1.807) is 0 Å². The summed E-state index contributed by atoms with van der Waals surface area (Å²) in [5.41, 5.74) is 0.0666. The molecule has 1 fully saturated rings. The van der Waals surface area contributed by atoms with Gasteiger partial charge in [-0.25, -0.2) is 8.78 Å². The van der Waals surface area contributed by atoms with Gasteiger partial charge < -0.3 is 5.32 Å². The molecule has 1 N–H and O–H groups in total. The largest absolute Gasteiger partial charge is 0.352 e. The molecule has 1 aliphatic rings. The molecule has 0 spiro atoms. The third kappa shape index (κ3) is 2.15. The van der Waals surface area contributed by atoms with Crippen LogP contribution in [0.5, 0.6) is 0 Å². The van der Waals surface area contributed by atoms with Crippen molar-refractivity contribution in [3.63, 3.8) is 0 Å². The summed E-state index contributed by atoms with van der Waals surface area (Å²) in [5, 5.41) is 2.69. The van der Waals surface area contributed by atoms with Crippen LogP contribution in [0, 0.1) is 17.6 Å². The first-order chi connectivity index (χ1) is 8.49. The van der Waals surface area contributed by atoms with Crippen LogP contribution in [0.1, 0.15) is 18.9 Å². The lowest BCUT2D eigenvalue weighted by Gasteiger charge is -2.18. The van der Waals surface area contributed by atoms with E-state index in [2.05, 4.69) is 11.9 Å². The Morgan fingerprint density at radius 1 is 1.61 bits per heavy atom. The Balaban J connectivity index is 2.22. The molecule has 0 heterocycles. The molecule has 0 radical (unpaired) electrons. The Morgan fingerprint density at radius 3 is 2.78 bits per heavy atom. The lowest BCUT2D eigenvalue weighted by molar-refractivity contribution is -0.116. The van der Waals surface area contributed by atoms with Crippen LogP contribution in [0.25, 0.3) is 0 Å². The highest BCUT2D eigenvalue weighted by Crippen LogP contribution is 2.54. The molecular formula is C14H15F2NO. The maximum Gasteiger partial charge on any atom is 0.243 e. The summed E-state index contributed by atoms with van der Waals surface area (Å²) < 4.78 is 26.7. The van der Waals surface area contributed by atoms with E-state index in [4.69, 9.17) is 0 Å². The average molecular weight is 251 g/mol. The van der Waals surface area contributed by atoms with Crippen LogP contribution in [0.2, 0.25) is 0 Å². The normalized spacial score (nSPS) is 25.6. The molecule has 0 aliphatic heterocycles. The molecule has 1 aromatic rings. The molecule has 4 heteroatoms. The van der Waals surface area contributed by atoms with Crippen molar-refractivity contribution in [1.29, 1.82) is 0 Å². The van der Waals surface area contributed by atoms with Crippen molar-refractivity contribution in [1.82, 2.24) is 5.32 Å². The van der Waals surface area contributed by atoms with E-state index in [1.165, 1.54) is 18.2 Å². The van der Waals surface area contributed by atoms with E-state index in [9.17, 15) is 13.6 Å². The molecule has 1 aromatic carbocycles. The summed E-state index contributed by atoms with van der Waals surface area (Å²) in [5.74, 6) is -1.15. The van der Waals surface area contributed by atoms with Gasteiger partial charge in [0.25, 0.3) is 0 Å². The average Bonchev–Trinajstić information content (AvgIpc) is 2.98. The number of hydrogen-bond donors (Lipinski definition) is 1. The Bertz CT molecular complexity index is 501. The number of nitrogens with one attached hydrogen (secondary N) is 1. The number of carbonyl (C=O) groups excluding carboxylic acids is 1. The summed E-state index contributed by atoms with van der Waals surface area (Å²) >= 11 is 0. The molecule has 1 amide bonds. The fourth-order valence-corrected chi connectivity index (χ4v) is 2.41. The number of benzene rings is 1. The lowest BCUT2D eigenvalue weighted by Crippen LogP contribution is -2.32. The summed E-state index contributed by atoms with van der Waals surface area (Å²) in [6, 6.07) is 3.60. The fourth-order valence-electron chi connectivity index (χ4n) is 2.41. The molecule has 1 aliphatic carbocycles. The summed E-state index contributed by atoms with van der Waals surface area (Å²) in [6.45, 7) is 5.70. The first-order valence-corrected chi connectivity index (χ1v) is 5.85. The van der Waals surface area contributed by atoms with E-state index < -0.39 is 17.0 Å². The monoisotopic (exact) mass is 251 g/mol. The second-order valence-corrected chi connectivity index (χ2v) is 4.81. The van der Waals surface area contributed by atoms with E-state index in [-0.39, 0.29) is 11.8 Å². The standard InChI is InChI=1S/C14H15F2NO/c1-3-13(18)17-8-14(7-9(14)2)11-5-4-10(15)6-12(11)16/h3-6,9H,1,7-8H2,2H3,(H,17,18). The highest BCUT2D eigenvalue weighted by atomic mass is 19.1. The SMILES string of the molecule is C=CC(=O)NCC1(c2ccc(F)cc2F)CC1C. The van der Waals surface area contributed by atoms with Gasteiger partial charge in [-0.2, -0.15) is 0 Å². The van der Waals surface area contributed by atoms with E-state index in [1.807, 2.05) is 6.92 Å². The van der Waals surface area contributed by atoms with E-state index in [0.717, 1.165) is 12.5 Å². The second kappa shape index (κ2) is 4.52. The number of amides is 1. The van der Waals surface area contributed by atoms with Crippen molar-refractivity contribution in [2.24, 2.45) is 5.92 Å². The van der Waals surface area contributed by atoms with Crippen molar-refractivity contribution >= 4 is 5.91 Å². The minimum Gasteiger partial charge on any atom is -0.352 e. The van der Waals surface area contributed by atoms with Crippen LogP contribution in [-0.4, -0.2) is 12.5 Å². The first-order valence-electron chi connectivity index (χ1n) is 5.85. The molecule has 2 nitrogen and oxygen atoms in total. The predicted molar refractivity (Wildman–Crippen MR) is 65.0 cm³/mol. The summed E-state index contributed by atoms with van der Waals surface area (Å²) in [4.78, 5) is 11.2. The van der Waals surface area contributed by atoms with Gasteiger partial charge in [-0.05, 0) is 30.0 Å². The fraction of sp³-hybridized carbons (Fsp3) is 0.357. The molecular weight excluding hydrogens is 236 g/mol. The van der Waals surface area contributed by atoms with Crippen molar-refractivity contribution in [3.8, 4) is 0 Å². The highest BCUT2D eigenvalue weighted by Gasteiger charge is 2.53. The van der Waals surface area contributed by atoms with Gasteiger partial charge in [0.05, 0.1) is 0 Å². The molecule has 0 aromatic heterocycles. The van der Waals surface area contributed by atoms with Gasteiger partial charge >= 0.3 is 0 Å². The van der Waals surface area contributed by atoms with Gasteiger partial charge in [-0.15, -0.1) is 0 Å². The third-order valence-corrected chi connectivity index (χ3v) is 3.68. The third-order valence-electron chi connectivity index (χ3n) is 3.68. The molecule has 0 saturated heterocycles. The van der Waals surface area contributed by atoms with Crippen molar-refractivity contribution < 1.29 is 13.6 Å². The van der Waals surface area contributed by atoms with Crippen LogP contribution < -0.4 is 5.32 Å². The van der Waals surface area contributed by atoms with Gasteiger partial charge in [0.15, 0.2) is 0 Å². The number of rotatable bonds is 4. The van der Waals surface area contributed by atoms with Crippen molar-refractivity contribution in [2.75, 3.05) is 6.54 Å². The van der Waals surface area contributed by atoms with Crippen molar-refractivity contribution in [3.05, 3.63) is 48.1 Å². The minimum absolute atomic E-state index is 0.266. The Labute approximate surface area is 105 Å². The smallest absolute Gasteiger partial charge is 0.243 e. The van der Waals surface area contributed by atoms with Gasteiger partial charge in [0.2, 0.25) is 5.91 Å². The van der Waals surface area contributed by atoms with Gasteiger partial charge in [-0.1, -0.05) is 19.6 Å². The maximum absolute atomic E-state index is 13.8. The van der Waals surface area contributed by atoms with Crippen LogP contribution in [0.4, 0.5) is 8.78 Å². The van der Waals surface area contributed by atoms with Crippen molar-refractivity contribution in [2.45, 2.75) is 18.8 Å². The molecule has 1 saturated carbocycles. The molecule has 2 unspecified atom stereocenters. The van der Waals surface area contributed by atoms with Crippen LogP contribution in [0.3, 0.4) is 0 Å². The van der Waals surface area contributed by atoms with Crippen LogP contribution in [-0.2, 0) is 10.2 Å². The van der Waals surface area contributed by atoms with Crippen LogP contribution >= 0.6 is 0 Å². The predicted octanol–water partition coefficient (Wildman–Crippen LogP) is 2.54. The number of halogens is 2. The Morgan fingerprint density at radius 2 is 2.28 bits per heavy atom. The van der Waals surface area contributed by atoms with Crippen LogP contribution in [0.15, 0.2) is 30.9 Å². The summed E-state index contributed by atoms with van der Waals surface area (Å²) in [7, 11) is 0. The topological polar surface area (TPSA) is 29.1 Å². The maximum atomic E-state index is 13.8. The van der Waals surface area contributed by atoms with E-state index >= 15 is 0 Å². The lowest BCUT2D eigenvalue weighted by atomic mass is 9.92. The quantitative estimate of drug-likeness (QED) is 0.819.